The number of unbranched alkanes of at least 4 members (excludes halogenated alkanes) is 4. The summed E-state index contributed by atoms with van der Waals surface area (Å²) in [5.41, 5.74) is 1.94. The van der Waals surface area contributed by atoms with Crippen LogP contribution in [-0.2, 0) is 6.42 Å². The molecule has 0 aliphatic rings. The van der Waals surface area contributed by atoms with Gasteiger partial charge in [0.1, 0.15) is 0 Å². The molecule has 1 aromatic heterocycles. The molecular weight excluding hydrogens is 240 g/mol. The summed E-state index contributed by atoms with van der Waals surface area (Å²) in [5.74, 6) is 0. The molecule has 0 saturated carbocycles. The summed E-state index contributed by atoms with van der Waals surface area (Å²) in [6, 6.07) is 0.645. The highest BCUT2D eigenvalue weighted by molar-refractivity contribution is 7.09. The first-order valence-corrected chi connectivity index (χ1v) is 8.35. The lowest BCUT2D eigenvalue weighted by Gasteiger charge is -2.17. The van der Waals surface area contributed by atoms with E-state index in [0.717, 1.165) is 13.0 Å². The minimum Gasteiger partial charge on any atom is -0.314 e. The van der Waals surface area contributed by atoms with Gasteiger partial charge >= 0.3 is 0 Å². The zero-order valence-corrected chi connectivity index (χ0v) is 12.8. The molecule has 3 heteroatoms. The molecule has 104 valence electrons. The van der Waals surface area contributed by atoms with E-state index in [-0.39, 0.29) is 0 Å². The van der Waals surface area contributed by atoms with Crippen LogP contribution < -0.4 is 5.32 Å². The molecule has 0 aromatic carbocycles. The molecule has 1 N–H and O–H groups in total. The molecule has 0 aliphatic carbocycles. The van der Waals surface area contributed by atoms with Gasteiger partial charge in [0.05, 0.1) is 5.51 Å². The van der Waals surface area contributed by atoms with E-state index < -0.39 is 0 Å². The van der Waals surface area contributed by atoms with E-state index in [4.69, 9.17) is 0 Å². The molecule has 18 heavy (non-hydrogen) atoms. The lowest BCUT2D eigenvalue weighted by atomic mass is 10.0. The smallest absolute Gasteiger partial charge is 0.0794 e. The highest BCUT2D eigenvalue weighted by atomic mass is 32.1. The van der Waals surface area contributed by atoms with E-state index >= 15 is 0 Å². The van der Waals surface area contributed by atoms with Crippen molar-refractivity contribution >= 4 is 11.3 Å². The normalized spacial score (nSPS) is 12.8. The van der Waals surface area contributed by atoms with Crippen molar-refractivity contribution in [3.63, 3.8) is 0 Å². The Morgan fingerprint density at radius 3 is 2.67 bits per heavy atom. The van der Waals surface area contributed by atoms with Crippen LogP contribution in [0.1, 0.15) is 63.7 Å². The fourth-order valence-electron chi connectivity index (χ4n) is 2.20. The van der Waals surface area contributed by atoms with Crippen LogP contribution in [0.2, 0.25) is 0 Å². The quantitative estimate of drug-likeness (QED) is 0.601. The van der Waals surface area contributed by atoms with Crippen LogP contribution in [0.3, 0.4) is 0 Å². The molecule has 0 saturated heterocycles. The monoisotopic (exact) mass is 268 g/mol. The van der Waals surface area contributed by atoms with Gasteiger partial charge in [0.15, 0.2) is 0 Å². The van der Waals surface area contributed by atoms with Crippen molar-refractivity contribution in [3.05, 3.63) is 16.6 Å². The Balaban J connectivity index is 2.22. The van der Waals surface area contributed by atoms with Gasteiger partial charge in [-0.2, -0.15) is 0 Å². The molecular formula is C15H28N2S. The third kappa shape index (κ3) is 7.12. The first kappa shape index (κ1) is 15.6. The summed E-state index contributed by atoms with van der Waals surface area (Å²) in [6.07, 6.45) is 12.6. The number of hydrogen-bond donors (Lipinski definition) is 1. The Morgan fingerprint density at radius 2 is 2.00 bits per heavy atom. The second-order valence-corrected chi connectivity index (χ2v) is 6.00. The zero-order valence-electron chi connectivity index (χ0n) is 12.0. The second-order valence-electron chi connectivity index (χ2n) is 5.03. The van der Waals surface area contributed by atoms with Gasteiger partial charge in [-0.05, 0) is 25.8 Å². The van der Waals surface area contributed by atoms with Crippen molar-refractivity contribution in [2.75, 3.05) is 6.54 Å². The van der Waals surface area contributed by atoms with Crippen LogP contribution >= 0.6 is 11.3 Å². The maximum atomic E-state index is 4.17. The van der Waals surface area contributed by atoms with E-state index in [1.54, 1.807) is 11.3 Å². The molecule has 0 radical (unpaired) electrons. The molecule has 1 aromatic rings. The summed E-state index contributed by atoms with van der Waals surface area (Å²) in [5, 5.41) is 3.68. The van der Waals surface area contributed by atoms with Gasteiger partial charge in [0, 0.05) is 17.1 Å². The Kier molecular flexibility index (Phi) is 9.13. The molecule has 1 atom stereocenters. The minimum absolute atomic E-state index is 0.645. The molecule has 2 nitrogen and oxygen atoms in total. The Morgan fingerprint density at radius 1 is 1.17 bits per heavy atom. The summed E-state index contributed by atoms with van der Waals surface area (Å²) in [4.78, 5) is 5.58. The predicted molar refractivity (Wildman–Crippen MR) is 81.3 cm³/mol. The molecule has 1 heterocycles. The summed E-state index contributed by atoms with van der Waals surface area (Å²) >= 11 is 1.78. The molecule has 0 spiro atoms. The lowest BCUT2D eigenvalue weighted by Crippen LogP contribution is -2.31. The second kappa shape index (κ2) is 10.5. The van der Waals surface area contributed by atoms with Crippen molar-refractivity contribution < 1.29 is 0 Å². The van der Waals surface area contributed by atoms with Gasteiger partial charge in [0.25, 0.3) is 0 Å². The fraction of sp³-hybridized carbons (Fsp3) is 0.800. The van der Waals surface area contributed by atoms with Gasteiger partial charge in [0.2, 0.25) is 0 Å². The fourth-order valence-corrected chi connectivity index (χ4v) is 2.88. The van der Waals surface area contributed by atoms with Gasteiger partial charge in [-0.1, -0.05) is 46.0 Å². The topological polar surface area (TPSA) is 24.9 Å². The highest BCUT2D eigenvalue weighted by Crippen LogP contribution is 2.14. The molecule has 0 aliphatic heterocycles. The first-order chi connectivity index (χ1) is 8.86. The van der Waals surface area contributed by atoms with Crippen molar-refractivity contribution in [3.8, 4) is 0 Å². The third-order valence-electron chi connectivity index (χ3n) is 3.27. The Bertz CT molecular complexity index is 272. The average molecular weight is 268 g/mol. The minimum atomic E-state index is 0.645. The van der Waals surface area contributed by atoms with Crippen LogP contribution in [0.15, 0.2) is 11.7 Å². The van der Waals surface area contributed by atoms with Crippen molar-refractivity contribution in [1.82, 2.24) is 10.3 Å². The van der Waals surface area contributed by atoms with E-state index in [2.05, 4.69) is 24.1 Å². The van der Waals surface area contributed by atoms with Crippen LogP contribution in [0.5, 0.6) is 0 Å². The van der Waals surface area contributed by atoms with E-state index in [0.29, 0.717) is 6.04 Å². The van der Waals surface area contributed by atoms with E-state index in [1.165, 1.54) is 49.8 Å². The summed E-state index contributed by atoms with van der Waals surface area (Å²) < 4.78 is 0. The molecule has 0 fully saturated rings. The van der Waals surface area contributed by atoms with Crippen molar-refractivity contribution in [1.29, 1.82) is 0 Å². The number of nitrogens with zero attached hydrogens (tertiary/aromatic N) is 1. The predicted octanol–water partition coefficient (Wildman–Crippen LogP) is 4.41. The van der Waals surface area contributed by atoms with E-state index in [1.807, 2.05) is 11.7 Å². The molecule has 0 bridgehead atoms. The van der Waals surface area contributed by atoms with Gasteiger partial charge in [-0.3, -0.25) is 4.98 Å². The van der Waals surface area contributed by atoms with Crippen molar-refractivity contribution in [2.45, 2.75) is 71.3 Å². The van der Waals surface area contributed by atoms with Crippen molar-refractivity contribution in [2.24, 2.45) is 0 Å². The van der Waals surface area contributed by atoms with Crippen LogP contribution in [0, 0.1) is 0 Å². The average Bonchev–Trinajstić information content (AvgIpc) is 2.88. The SMILES string of the molecule is CCCCCCCC(Cc1cncs1)NCCC. The number of nitrogens with one attached hydrogen (secondary N) is 1. The largest absolute Gasteiger partial charge is 0.314 e. The van der Waals surface area contributed by atoms with E-state index in [9.17, 15) is 0 Å². The maximum absolute atomic E-state index is 4.17. The first-order valence-electron chi connectivity index (χ1n) is 7.47. The maximum Gasteiger partial charge on any atom is 0.0794 e. The highest BCUT2D eigenvalue weighted by Gasteiger charge is 2.09. The number of aromatic nitrogens is 1. The number of hydrogen-bond acceptors (Lipinski definition) is 3. The molecule has 1 rings (SSSR count). The third-order valence-corrected chi connectivity index (χ3v) is 4.07. The van der Waals surface area contributed by atoms with Gasteiger partial charge < -0.3 is 5.32 Å². The molecule has 1 unspecified atom stereocenters. The lowest BCUT2D eigenvalue weighted by molar-refractivity contribution is 0.453. The number of thiazole rings is 1. The van der Waals surface area contributed by atoms with Crippen LogP contribution in [-0.4, -0.2) is 17.6 Å². The molecule has 0 amide bonds. The number of rotatable bonds is 11. The van der Waals surface area contributed by atoms with Gasteiger partial charge in [-0.25, -0.2) is 0 Å². The van der Waals surface area contributed by atoms with Crippen LogP contribution in [0.25, 0.3) is 0 Å². The zero-order chi connectivity index (χ0) is 13.1. The van der Waals surface area contributed by atoms with Crippen LogP contribution in [0.4, 0.5) is 0 Å². The summed E-state index contributed by atoms with van der Waals surface area (Å²) in [6.45, 7) is 5.64. The standard InChI is InChI=1S/C15H28N2S/c1-3-5-6-7-8-9-14(17-10-4-2)11-15-12-16-13-18-15/h12-14,17H,3-11H2,1-2H3. The Labute approximate surface area is 116 Å². The van der Waals surface area contributed by atoms with Gasteiger partial charge in [-0.15, -0.1) is 11.3 Å². The summed E-state index contributed by atoms with van der Waals surface area (Å²) in [7, 11) is 0. The Hall–Kier alpha value is -0.410.